The molecule has 0 aliphatic carbocycles. The molecule has 2 aromatic heterocycles. The molecule has 0 bridgehead atoms. The lowest BCUT2D eigenvalue weighted by atomic mass is 10.1. The summed E-state index contributed by atoms with van der Waals surface area (Å²) >= 11 is 1.47. The Kier molecular flexibility index (Phi) is 6.58. The Hall–Kier alpha value is -3.10. The van der Waals surface area contributed by atoms with Gasteiger partial charge in [0.15, 0.2) is 15.0 Å². The number of aromatic nitrogens is 2. The molecular formula is C25H25N3O3S2. The topological polar surface area (TPSA) is 80.2 Å². The van der Waals surface area contributed by atoms with E-state index >= 15 is 0 Å². The van der Waals surface area contributed by atoms with Gasteiger partial charge >= 0.3 is 0 Å². The fraction of sp³-hybridized carbons (Fsp3) is 0.240. The molecule has 0 aliphatic heterocycles. The molecule has 170 valence electrons. The second-order valence-electron chi connectivity index (χ2n) is 7.98. The van der Waals surface area contributed by atoms with Crippen LogP contribution in [0.5, 0.6) is 0 Å². The number of anilines is 1. The van der Waals surface area contributed by atoms with Crippen molar-refractivity contribution in [1.29, 1.82) is 0 Å². The minimum Gasteiger partial charge on any atom is -0.279 e. The Balaban J connectivity index is 1.74. The van der Waals surface area contributed by atoms with Crippen LogP contribution in [0.2, 0.25) is 0 Å². The number of carbonyl (C=O) groups excluding carboxylic acids is 1. The lowest BCUT2D eigenvalue weighted by Gasteiger charge is -2.20. The average Bonchev–Trinajstić information content (AvgIpc) is 3.27. The Labute approximate surface area is 197 Å². The minimum absolute atomic E-state index is 0.210. The van der Waals surface area contributed by atoms with Gasteiger partial charge in [-0.25, -0.2) is 13.4 Å². The van der Waals surface area contributed by atoms with Gasteiger partial charge in [-0.3, -0.25) is 14.7 Å². The van der Waals surface area contributed by atoms with E-state index in [2.05, 4.69) is 18.0 Å². The molecule has 2 aromatic carbocycles. The average molecular weight is 480 g/mol. The SMILES string of the molecule is CCc1cccc2sc(N(Cc3ccncc3)C(=O)c3ccc(S(=O)(=O)C(C)C)cc3)nc12. The summed E-state index contributed by atoms with van der Waals surface area (Å²) in [4.78, 5) is 24.3. The molecular weight excluding hydrogens is 454 g/mol. The molecule has 0 atom stereocenters. The summed E-state index contributed by atoms with van der Waals surface area (Å²) in [5, 5.41) is 0.0735. The Morgan fingerprint density at radius 3 is 2.36 bits per heavy atom. The number of rotatable bonds is 7. The van der Waals surface area contributed by atoms with Gasteiger partial charge in [-0.2, -0.15) is 0 Å². The quantitative estimate of drug-likeness (QED) is 0.360. The summed E-state index contributed by atoms with van der Waals surface area (Å²) in [6.45, 7) is 5.69. The van der Waals surface area contributed by atoms with Crippen molar-refractivity contribution in [2.24, 2.45) is 0 Å². The van der Waals surface area contributed by atoms with E-state index in [1.807, 2.05) is 24.3 Å². The van der Waals surface area contributed by atoms with Gasteiger partial charge in [0.1, 0.15) is 0 Å². The van der Waals surface area contributed by atoms with Crippen LogP contribution < -0.4 is 4.90 Å². The predicted molar refractivity (Wildman–Crippen MR) is 133 cm³/mol. The molecule has 0 aliphatic rings. The first-order chi connectivity index (χ1) is 15.8. The number of fused-ring (bicyclic) bond motifs is 1. The van der Waals surface area contributed by atoms with Crippen LogP contribution in [0, 0.1) is 0 Å². The first-order valence-electron chi connectivity index (χ1n) is 10.7. The van der Waals surface area contributed by atoms with Crippen molar-refractivity contribution >= 4 is 42.4 Å². The Bertz CT molecular complexity index is 1380. The zero-order chi connectivity index (χ0) is 23.6. The van der Waals surface area contributed by atoms with Crippen molar-refractivity contribution in [3.05, 3.63) is 83.7 Å². The molecule has 8 heteroatoms. The number of carbonyl (C=O) groups is 1. The van der Waals surface area contributed by atoms with Crippen molar-refractivity contribution in [2.75, 3.05) is 4.90 Å². The molecule has 4 rings (SSSR count). The number of hydrogen-bond donors (Lipinski definition) is 0. The predicted octanol–water partition coefficient (Wildman–Crippen LogP) is 5.28. The first kappa shape index (κ1) is 23.1. The first-order valence-corrected chi connectivity index (χ1v) is 13.1. The van der Waals surface area contributed by atoms with Crippen molar-refractivity contribution in [3.63, 3.8) is 0 Å². The number of nitrogens with zero attached hydrogens (tertiary/aromatic N) is 3. The zero-order valence-electron chi connectivity index (χ0n) is 18.7. The van der Waals surface area contributed by atoms with Crippen molar-refractivity contribution in [2.45, 2.75) is 43.9 Å². The smallest absolute Gasteiger partial charge is 0.260 e. The number of amides is 1. The van der Waals surface area contributed by atoms with Crippen molar-refractivity contribution in [1.82, 2.24) is 9.97 Å². The van der Waals surface area contributed by atoms with Crippen molar-refractivity contribution < 1.29 is 13.2 Å². The molecule has 4 aromatic rings. The van der Waals surface area contributed by atoms with Crippen LogP contribution in [0.15, 0.2) is 71.9 Å². The molecule has 1 amide bonds. The Morgan fingerprint density at radius 2 is 1.73 bits per heavy atom. The van der Waals surface area contributed by atoms with Gasteiger partial charge in [-0.1, -0.05) is 30.4 Å². The molecule has 33 heavy (non-hydrogen) atoms. The van der Waals surface area contributed by atoms with Gasteiger partial charge in [0.05, 0.1) is 26.9 Å². The molecule has 6 nitrogen and oxygen atoms in total. The fourth-order valence-corrected chi connectivity index (χ4v) is 5.58. The van der Waals surface area contributed by atoms with Crippen LogP contribution in [-0.4, -0.2) is 29.5 Å². The van der Waals surface area contributed by atoms with Crippen molar-refractivity contribution in [3.8, 4) is 0 Å². The minimum atomic E-state index is -3.41. The van der Waals surface area contributed by atoms with Gasteiger partial charge in [-0.05, 0) is 73.9 Å². The molecule has 0 saturated heterocycles. The van der Waals surface area contributed by atoms with Crippen LogP contribution in [0.25, 0.3) is 10.2 Å². The standard InChI is InChI=1S/C25H25N3O3S2/c1-4-19-6-5-7-22-23(19)27-25(32-22)28(16-18-12-14-26-15-13-18)24(29)20-8-10-21(11-9-20)33(30,31)17(2)3/h5-15,17H,4,16H2,1-3H3. The maximum atomic E-state index is 13.6. The van der Waals surface area contributed by atoms with E-state index in [1.54, 1.807) is 43.3 Å². The summed E-state index contributed by atoms with van der Waals surface area (Å²) < 4.78 is 25.9. The highest BCUT2D eigenvalue weighted by Gasteiger charge is 2.24. The lowest BCUT2D eigenvalue weighted by molar-refractivity contribution is 0.0985. The molecule has 0 radical (unpaired) electrons. The van der Waals surface area contributed by atoms with Crippen LogP contribution >= 0.6 is 11.3 Å². The number of aryl methyl sites for hydroxylation is 1. The molecule has 0 spiro atoms. The molecule has 2 heterocycles. The molecule has 0 saturated carbocycles. The lowest BCUT2D eigenvalue weighted by Crippen LogP contribution is -2.30. The summed E-state index contributed by atoms with van der Waals surface area (Å²) in [5.74, 6) is -0.239. The number of pyridine rings is 1. The summed E-state index contributed by atoms with van der Waals surface area (Å²) in [6, 6.07) is 15.9. The van der Waals surface area contributed by atoms with Crippen LogP contribution in [0.4, 0.5) is 5.13 Å². The van der Waals surface area contributed by atoms with E-state index in [0.29, 0.717) is 17.2 Å². The molecule has 0 N–H and O–H groups in total. The number of para-hydroxylation sites is 1. The van der Waals surface area contributed by atoms with Gasteiger partial charge in [0.2, 0.25) is 0 Å². The van der Waals surface area contributed by atoms with E-state index in [0.717, 1.165) is 27.8 Å². The molecule has 0 unspecified atom stereocenters. The normalized spacial score (nSPS) is 11.8. The summed E-state index contributed by atoms with van der Waals surface area (Å²) in [5.41, 5.74) is 3.37. The highest BCUT2D eigenvalue weighted by atomic mass is 32.2. The number of hydrogen-bond acceptors (Lipinski definition) is 6. The van der Waals surface area contributed by atoms with E-state index in [1.165, 1.54) is 23.5 Å². The summed E-state index contributed by atoms with van der Waals surface area (Å²) in [6.07, 6.45) is 4.23. The maximum absolute atomic E-state index is 13.6. The third-order valence-corrected chi connectivity index (χ3v) is 8.70. The largest absolute Gasteiger partial charge is 0.279 e. The maximum Gasteiger partial charge on any atom is 0.260 e. The third-order valence-electron chi connectivity index (χ3n) is 5.49. The highest BCUT2D eigenvalue weighted by molar-refractivity contribution is 7.92. The van der Waals surface area contributed by atoms with E-state index in [4.69, 9.17) is 4.98 Å². The molecule has 0 fully saturated rings. The zero-order valence-corrected chi connectivity index (χ0v) is 20.4. The van der Waals surface area contributed by atoms with Gasteiger partial charge in [0, 0.05) is 18.0 Å². The Morgan fingerprint density at radius 1 is 1.03 bits per heavy atom. The monoisotopic (exact) mass is 479 g/mol. The fourth-order valence-electron chi connectivity index (χ4n) is 3.51. The van der Waals surface area contributed by atoms with E-state index in [9.17, 15) is 13.2 Å². The van der Waals surface area contributed by atoms with E-state index < -0.39 is 15.1 Å². The highest BCUT2D eigenvalue weighted by Crippen LogP contribution is 2.33. The van der Waals surface area contributed by atoms with Gasteiger partial charge in [0.25, 0.3) is 5.91 Å². The van der Waals surface area contributed by atoms with Gasteiger partial charge < -0.3 is 0 Å². The van der Waals surface area contributed by atoms with Crippen LogP contribution in [-0.2, 0) is 22.8 Å². The van der Waals surface area contributed by atoms with Crippen LogP contribution in [0.1, 0.15) is 42.3 Å². The third kappa shape index (κ3) is 4.67. The second-order valence-corrected chi connectivity index (χ2v) is 11.5. The van der Waals surface area contributed by atoms with E-state index in [-0.39, 0.29) is 10.8 Å². The number of sulfone groups is 1. The summed E-state index contributed by atoms with van der Waals surface area (Å²) in [7, 11) is -3.41. The number of benzene rings is 2. The second kappa shape index (κ2) is 9.41. The van der Waals surface area contributed by atoms with Crippen LogP contribution in [0.3, 0.4) is 0 Å². The van der Waals surface area contributed by atoms with Gasteiger partial charge in [-0.15, -0.1) is 0 Å². The number of thiazole rings is 1.